The van der Waals surface area contributed by atoms with Crippen LogP contribution in [0, 0.1) is 11.8 Å². The Hall–Kier alpha value is 0.410. The molecule has 1 atom stereocenters. The van der Waals surface area contributed by atoms with Crippen LogP contribution in [0.1, 0.15) is 79.1 Å². The molecule has 176 valence electrons. The van der Waals surface area contributed by atoms with Crippen LogP contribution in [-0.2, 0) is 31.4 Å². The van der Waals surface area contributed by atoms with Gasteiger partial charge in [0.25, 0.3) is 0 Å². The molecule has 1 unspecified atom stereocenters. The fourth-order valence-corrected chi connectivity index (χ4v) is 6.01. The van der Waals surface area contributed by atoms with Gasteiger partial charge in [-0.2, -0.15) is 8.62 Å². The zero-order chi connectivity index (χ0) is 22.6. The Morgan fingerprint density at radius 3 is 1.41 bits per heavy atom. The Kier molecular flexibility index (Phi) is 14.7. The lowest BCUT2D eigenvalue weighted by Gasteiger charge is -2.20. The number of hydrogen-bond donors (Lipinski definition) is 3. The van der Waals surface area contributed by atoms with Crippen LogP contribution in [0.4, 0.5) is 0 Å². The highest BCUT2D eigenvalue weighted by atomic mass is 31.3. The van der Waals surface area contributed by atoms with Crippen LogP contribution in [0.5, 0.6) is 0 Å². The van der Waals surface area contributed by atoms with E-state index in [1.807, 2.05) is 0 Å². The Bertz CT molecular complexity index is 551. The number of rotatable bonds is 18. The van der Waals surface area contributed by atoms with E-state index in [9.17, 15) is 18.6 Å². The first-order chi connectivity index (χ1) is 13.2. The molecule has 0 aliphatic heterocycles. The van der Waals surface area contributed by atoms with Crippen molar-refractivity contribution in [3.8, 4) is 0 Å². The molecule has 0 radical (unpaired) electrons. The maximum absolute atomic E-state index is 12.7. The first-order valence-electron chi connectivity index (χ1n) is 9.95. The fourth-order valence-electron chi connectivity index (χ4n) is 2.38. The molecule has 3 N–H and O–H groups in total. The van der Waals surface area contributed by atoms with Crippen LogP contribution >= 0.6 is 23.5 Å². The number of unbranched alkanes of at least 4 members (excludes halogenated alkanes) is 4. The predicted octanol–water partition coefficient (Wildman–Crippen LogP) is 5.79. The van der Waals surface area contributed by atoms with E-state index in [0.29, 0.717) is 24.7 Å². The summed E-state index contributed by atoms with van der Waals surface area (Å²) in [6.45, 7) is 8.30. The van der Waals surface area contributed by atoms with Crippen molar-refractivity contribution in [2.24, 2.45) is 11.8 Å². The van der Waals surface area contributed by atoms with Crippen molar-refractivity contribution >= 4 is 23.5 Å². The second-order valence-electron chi connectivity index (χ2n) is 7.72. The molecule has 0 aromatic rings. The largest absolute Gasteiger partial charge is 0.490 e. The minimum Gasteiger partial charge on any atom is -0.302 e. The van der Waals surface area contributed by atoms with E-state index in [2.05, 4.69) is 36.3 Å². The zero-order valence-corrected chi connectivity index (χ0v) is 20.5. The van der Waals surface area contributed by atoms with Gasteiger partial charge in [-0.05, 0) is 24.7 Å². The second-order valence-corrected chi connectivity index (χ2v) is 12.4. The molecule has 0 aromatic heterocycles. The molecule has 0 bridgehead atoms. The molecule has 0 saturated carbocycles. The van der Waals surface area contributed by atoms with E-state index < -0.39 is 23.5 Å². The molecule has 0 rings (SSSR count). The average molecular weight is 482 g/mol. The third-order valence-electron chi connectivity index (χ3n) is 3.76. The lowest BCUT2D eigenvalue weighted by molar-refractivity contribution is 0.134. The van der Waals surface area contributed by atoms with Gasteiger partial charge in [-0.1, -0.05) is 66.2 Å². The quantitative estimate of drug-likeness (QED) is 0.162. The molecule has 0 aliphatic rings. The van der Waals surface area contributed by atoms with Gasteiger partial charge in [-0.25, -0.2) is 13.7 Å². The highest BCUT2D eigenvalue weighted by molar-refractivity contribution is 7.66. The normalized spacial score (nSPS) is 15.2. The molecule has 0 fully saturated rings. The maximum atomic E-state index is 12.7. The predicted molar refractivity (Wildman–Crippen MR) is 110 cm³/mol. The molecule has 0 heterocycles. The number of phosphoric ester groups is 1. The van der Waals surface area contributed by atoms with Crippen molar-refractivity contribution in [3.05, 3.63) is 0 Å². The van der Waals surface area contributed by atoms with E-state index in [1.165, 1.54) is 0 Å². The van der Waals surface area contributed by atoms with E-state index in [-0.39, 0.29) is 13.2 Å². The van der Waals surface area contributed by atoms with E-state index >= 15 is 0 Å². The van der Waals surface area contributed by atoms with Crippen molar-refractivity contribution in [2.45, 2.75) is 79.1 Å². The van der Waals surface area contributed by atoms with Crippen LogP contribution in [0.3, 0.4) is 0 Å². The minimum absolute atomic E-state index is 0.0569. The summed E-state index contributed by atoms with van der Waals surface area (Å²) in [5, 5.41) is 0. The summed E-state index contributed by atoms with van der Waals surface area (Å²) in [5.74, 6) is 1.13. The maximum Gasteiger partial charge on any atom is 0.490 e. The summed E-state index contributed by atoms with van der Waals surface area (Å²) in [5.41, 5.74) is 0. The number of hydrogen-bond acceptors (Lipinski definition) is 7. The van der Waals surface area contributed by atoms with E-state index in [4.69, 9.17) is 18.8 Å². The van der Waals surface area contributed by atoms with Crippen molar-refractivity contribution in [3.63, 3.8) is 0 Å². The van der Waals surface area contributed by atoms with Gasteiger partial charge in [0, 0.05) is 0 Å². The van der Waals surface area contributed by atoms with Crippen LogP contribution < -0.4 is 0 Å². The van der Waals surface area contributed by atoms with Crippen LogP contribution in [0.15, 0.2) is 0 Å². The van der Waals surface area contributed by atoms with Gasteiger partial charge in [0.2, 0.25) is 0 Å². The highest BCUT2D eigenvalue weighted by Crippen LogP contribution is 2.68. The summed E-state index contributed by atoms with van der Waals surface area (Å²) in [7, 11) is -15.2. The average Bonchev–Trinajstić information content (AvgIpc) is 2.50. The van der Waals surface area contributed by atoms with Gasteiger partial charge >= 0.3 is 23.5 Å². The Balaban J connectivity index is 4.66. The summed E-state index contributed by atoms with van der Waals surface area (Å²) < 4.78 is 53.5. The molecule has 13 heteroatoms. The summed E-state index contributed by atoms with van der Waals surface area (Å²) in [4.78, 5) is 26.9. The minimum atomic E-state index is -5.36. The monoisotopic (exact) mass is 482 g/mol. The SMILES string of the molecule is CC(C)CCCCCOP(=O)(OCCCCCC(C)C)OP(=O)(O)OP(=O)(O)O. The molecule has 0 saturated heterocycles. The summed E-state index contributed by atoms with van der Waals surface area (Å²) in [6, 6.07) is 0. The summed E-state index contributed by atoms with van der Waals surface area (Å²) >= 11 is 0. The molecule has 29 heavy (non-hydrogen) atoms. The number of phosphoric acid groups is 3. The third-order valence-corrected chi connectivity index (χ3v) is 8.06. The lowest BCUT2D eigenvalue weighted by Crippen LogP contribution is -2.03. The van der Waals surface area contributed by atoms with Crippen molar-refractivity contribution in [1.29, 1.82) is 0 Å². The van der Waals surface area contributed by atoms with E-state index in [1.54, 1.807) is 0 Å². The molecule has 0 aliphatic carbocycles. The topological polar surface area (TPSA) is 149 Å². The molecule has 0 spiro atoms. The first-order valence-corrected chi connectivity index (χ1v) is 14.4. The van der Waals surface area contributed by atoms with Crippen molar-refractivity contribution in [2.75, 3.05) is 13.2 Å². The van der Waals surface area contributed by atoms with Crippen LogP contribution in [0.25, 0.3) is 0 Å². The van der Waals surface area contributed by atoms with Crippen LogP contribution in [-0.4, -0.2) is 27.9 Å². The van der Waals surface area contributed by atoms with Gasteiger partial charge in [0.05, 0.1) is 13.2 Å². The molecule has 0 aromatic carbocycles. The highest BCUT2D eigenvalue weighted by Gasteiger charge is 2.42. The second kappa shape index (κ2) is 14.5. The van der Waals surface area contributed by atoms with Crippen molar-refractivity contribution < 1.29 is 46.0 Å². The van der Waals surface area contributed by atoms with E-state index in [0.717, 1.165) is 38.5 Å². The van der Waals surface area contributed by atoms with Gasteiger partial charge in [0.1, 0.15) is 0 Å². The van der Waals surface area contributed by atoms with Gasteiger partial charge in [0.15, 0.2) is 0 Å². The Labute approximate surface area is 174 Å². The molecular formula is C16H37O10P3. The molecule has 10 nitrogen and oxygen atoms in total. The third kappa shape index (κ3) is 18.9. The smallest absolute Gasteiger partial charge is 0.302 e. The zero-order valence-electron chi connectivity index (χ0n) is 17.8. The Morgan fingerprint density at radius 1 is 0.655 bits per heavy atom. The Morgan fingerprint density at radius 2 is 1.07 bits per heavy atom. The fraction of sp³-hybridized carbons (Fsp3) is 1.00. The molecule has 0 amide bonds. The first kappa shape index (κ1) is 29.4. The lowest BCUT2D eigenvalue weighted by atomic mass is 10.1. The summed E-state index contributed by atoms with van der Waals surface area (Å²) in [6.07, 6.45) is 6.59. The van der Waals surface area contributed by atoms with Crippen molar-refractivity contribution in [1.82, 2.24) is 0 Å². The molecular weight excluding hydrogens is 445 g/mol. The standard InChI is InChI=1S/C16H37O10P3/c1-15(2)11-7-5-9-13-23-29(22,24-14-10-6-8-12-16(3)4)26-28(20,21)25-27(17,18)19/h15-16H,5-14H2,1-4H3,(H,20,21)(H2,17,18,19). The van der Waals surface area contributed by atoms with Gasteiger partial charge in [-0.3, -0.25) is 9.05 Å². The van der Waals surface area contributed by atoms with Gasteiger partial charge < -0.3 is 14.7 Å². The van der Waals surface area contributed by atoms with Gasteiger partial charge in [-0.15, -0.1) is 0 Å². The van der Waals surface area contributed by atoms with Crippen LogP contribution in [0.2, 0.25) is 0 Å².